The minimum Gasteiger partial charge on any atom is -0.367 e. The highest BCUT2D eigenvalue weighted by atomic mass is 19.1. The molecule has 1 aromatic rings. The Labute approximate surface area is 173 Å². The first-order chi connectivity index (χ1) is 14.1. The van der Waals surface area contributed by atoms with E-state index in [1.165, 1.54) is 6.07 Å². The Morgan fingerprint density at radius 3 is 2.33 bits per heavy atom. The predicted octanol–water partition coefficient (Wildman–Crippen LogP) is 0.934. The van der Waals surface area contributed by atoms with Crippen LogP contribution in [0.25, 0.3) is 0 Å². The lowest BCUT2D eigenvalue weighted by atomic mass is 9.81. The zero-order chi connectivity index (χ0) is 21.8. The summed E-state index contributed by atoms with van der Waals surface area (Å²) >= 11 is 0. The first kappa shape index (κ1) is 20.5. The fourth-order valence-electron chi connectivity index (χ4n) is 4.43. The molecule has 1 aromatic carbocycles. The molecular formula is C21H25FN4O4. The summed E-state index contributed by atoms with van der Waals surface area (Å²) in [7, 11) is 0. The number of hydrogen-bond donors (Lipinski definition) is 2. The van der Waals surface area contributed by atoms with Crippen molar-refractivity contribution >= 4 is 29.3 Å². The highest BCUT2D eigenvalue weighted by molar-refractivity contribution is 6.24. The molecule has 4 rings (SSSR count). The van der Waals surface area contributed by atoms with Gasteiger partial charge in [-0.1, -0.05) is 20.8 Å². The van der Waals surface area contributed by atoms with Gasteiger partial charge in [0.1, 0.15) is 6.04 Å². The molecule has 0 aromatic heterocycles. The summed E-state index contributed by atoms with van der Waals surface area (Å²) in [4.78, 5) is 53.1. The molecule has 3 heterocycles. The molecule has 2 fully saturated rings. The van der Waals surface area contributed by atoms with Crippen LogP contribution in [-0.4, -0.2) is 60.7 Å². The SMILES string of the molecule is CC(C)(C)c1c(F)c(N2CCNCC2)cc2c1C(=O)N(C1CCC(=O)NC1=O)C2=O. The number of carbonyl (C=O) groups is 4. The van der Waals surface area contributed by atoms with E-state index in [0.29, 0.717) is 31.9 Å². The summed E-state index contributed by atoms with van der Waals surface area (Å²) in [6.45, 7) is 7.92. The van der Waals surface area contributed by atoms with E-state index < -0.39 is 40.9 Å². The highest BCUT2D eigenvalue weighted by Crippen LogP contribution is 2.41. The van der Waals surface area contributed by atoms with Gasteiger partial charge in [0.25, 0.3) is 11.8 Å². The van der Waals surface area contributed by atoms with Crippen molar-refractivity contribution in [2.75, 3.05) is 31.1 Å². The summed E-state index contributed by atoms with van der Waals surface area (Å²) in [5, 5.41) is 5.39. The molecule has 30 heavy (non-hydrogen) atoms. The number of hydrogen-bond acceptors (Lipinski definition) is 6. The van der Waals surface area contributed by atoms with E-state index in [1.807, 2.05) is 4.90 Å². The summed E-state index contributed by atoms with van der Waals surface area (Å²) in [5.41, 5.74) is -0.124. The molecule has 8 nitrogen and oxygen atoms in total. The standard InChI is InChI=1S/C21H25FN4O4/c1-21(2,3)16-15-11(10-13(17(16)22)25-8-6-23-7-9-25)19(29)26(20(15)30)12-4-5-14(27)24-18(12)28/h10,12,23H,4-9H2,1-3H3,(H,24,27,28). The Bertz CT molecular complexity index is 963. The average molecular weight is 416 g/mol. The lowest BCUT2D eigenvalue weighted by Gasteiger charge is -2.32. The number of imide groups is 2. The van der Waals surface area contributed by atoms with E-state index in [2.05, 4.69) is 10.6 Å². The maximum absolute atomic E-state index is 15.7. The molecule has 4 amide bonds. The fraction of sp³-hybridized carbons (Fsp3) is 0.524. The van der Waals surface area contributed by atoms with Crippen molar-refractivity contribution in [2.45, 2.75) is 45.1 Å². The van der Waals surface area contributed by atoms with Gasteiger partial charge >= 0.3 is 0 Å². The van der Waals surface area contributed by atoms with Gasteiger partial charge in [-0.25, -0.2) is 4.39 Å². The van der Waals surface area contributed by atoms with Gasteiger partial charge in [0.2, 0.25) is 11.8 Å². The Kier molecular flexibility index (Phi) is 4.88. The van der Waals surface area contributed by atoms with Gasteiger partial charge in [-0.3, -0.25) is 29.4 Å². The molecule has 0 bridgehead atoms. The summed E-state index contributed by atoms with van der Waals surface area (Å²) < 4.78 is 15.7. The van der Waals surface area contributed by atoms with Crippen LogP contribution in [0.2, 0.25) is 0 Å². The monoisotopic (exact) mass is 416 g/mol. The van der Waals surface area contributed by atoms with Crippen LogP contribution in [0.5, 0.6) is 0 Å². The van der Waals surface area contributed by atoms with E-state index >= 15 is 4.39 Å². The van der Waals surface area contributed by atoms with E-state index in [0.717, 1.165) is 4.90 Å². The highest BCUT2D eigenvalue weighted by Gasteiger charge is 2.48. The second-order valence-electron chi connectivity index (χ2n) is 8.94. The third-order valence-corrected chi connectivity index (χ3v) is 5.86. The molecule has 1 unspecified atom stereocenters. The lowest BCUT2D eigenvalue weighted by Crippen LogP contribution is -2.54. The number of benzene rings is 1. The van der Waals surface area contributed by atoms with Crippen molar-refractivity contribution in [3.8, 4) is 0 Å². The van der Waals surface area contributed by atoms with Crippen molar-refractivity contribution in [1.29, 1.82) is 0 Å². The minimum atomic E-state index is -1.08. The Morgan fingerprint density at radius 1 is 1.07 bits per heavy atom. The molecule has 0 saturated carbocycles. The van der Waals surface area contributed by atoms with Crippen molar-refractivity contribution in [1.82, 2.24) is 15.5 Å². The molecule has 3 aliphatic heterocycles. The zero-order valence-electron chi connectivity index (χ0n) is 17.3. The minimum absolute atomic E-state index is 0.0218. The molecule has 2 saturated heterocycles. The predicted molar refractivity (Wildman–Crippen MR) is 107 cm³/mol. The van der Waals surface area contributed by atoms with Gasteiger partial charge in [-0.2, -0.15) is 0 Å². The number of nitrogens with one attached hydrogen (secondary N) is 2. The van der Waals surface area contributed by atoms with Gasteiger partial charge in [0.05, 0.1) is 16.8 Å². The van der Waals surface area contributed by atoms with Crippen LogP contribution in [0, 0.1) is 5.82 Å². The number of piperidine rings is 1. The Morgan fingerprint density at radius 2 is 1.73 bits per heavy atom. The number of fused-ring (bicyclic) bond motifs is 1. The molecule has 0 radical (unpaired) electrons. The molecule has 160 valence electrons. The summed E-state index contributed by atoms with van der Waals surface area (Å²) in [5.74, 6) is -2.92. The van der Waals surface area contributed by atoms with Crippen LogP contribution in [-0.2, 0) is 15.0 Å². The van der Waals surface area contributed by atoms with Crippen molar-refractivity contribution in [3.63, 3.8) is 0 Å². The normalized spacial score (nSPS) is 22.5. The van der Waals surface area contributed by atoms with Gasteiger partial charge in [0, 0.05) is 38.2 Å². The van der Waals surface area contributed by atoms with Crippen LogP contribution in [0.1, 0.15) is 59.9 Å². The van der Waals surface area contributed by atoms with Crippen LogP contribution in [0.4, 0.5) is 10.1 Å². The van der Waals surface area contributed by atoms with Crippen LogP contribution < -0.4 is 15.5 Å². The first-order valence-electron chi connectivity index (χ1n) is 10.2. The van der Waals surface area contributed by atoms with E-state index in [1.54, 1.807) is 20.8 Å². The number of piperazine rings is 1. The molecule has 0 aliphatic carbocycles. The molecule has 2 N–H and O–H groups in total. The lowest BCUT2D eigenvalue weighted by molar-refractivity contribution is -0.136. The van der Waals surface area contributed by atoms with Gasteiger partial charge in [-0.05, 0) is 17.9 Å². The Balaban J connectivity index is 1.84. The van der Waals surface area contributed by atoms with Crippen LogP contribution >= 0.6 is 0 Å². The summed E-state index contributed by atoms with van der Waals surface area (Å²) in [6, 6.07) is 0.366. The number of nitrogens with zero attached hydrogens (tertiary/aromatic N) is 2. The zero-order valence-corrected chi connectivity index (χ0v) is 17.3. The molecular weight excluding hydrogens is 391 g/mol. The maximum atomic E-state index is 15.7. The fourth-order valence-corrected chi connectivity index (χ4v) is 4.43. The van der Waals surface area contributed by atoms with Gasteiger partial charge in [-0.15, -0.1) is 0 Å². The molecule has 0 spiro atoms. The average Bonchev–Trinajstić information content (AvgIpc) is 2.91. The quantitative estimate of drug-likeness (QED) is 0.696. The summed E-state index contributed by atoms with van der Waals surface area (Å²) in [6.07, 6.45) is 0.102. The third-order valence-electron chi connectivity index (χ3n) is 5.86. The van der Waals surface area contributed by atoms with E-state index in [9.17, 15) is 19.2 Å². The van der Waals surface area contributed by atoms with Crippen molar-refractivity contribution in [3.05, 3.63) is 28.6 Å². The van der Waals surface area contributed by atoms with E-state index in [4.69, 9.17) is 0 Å². The molecule has 9 heteroatoms. The maximum Gasteiger partial charge on any atom is 0.262 e. The van der Waals surface area contributed by atoms with Gasteiger partial charge in [0.15, 0.2) is 5.82 Å². The molecule has 1 atom stereocenters. The number of carbonyl (C=O) groups excluding carboxylic acids is 4. The first-order valence-corrected chi connectivity index (χ1v) is 10.2. The third kappa shape index (κ3) is 3.17. The van der Waals surface area contributed by atoms with Crippen molar-refractivity contribution in [2.24, 2.45) is 0 Å². The second kappa shape index (κ2) is 7.16. The number of anilines is 1. The van der Waals surface area contributed by atoms with Crippen molar-refractivity contribution < 1.29 is 23.6 Å². The second-order valence-corrected chi connectivity index (χ2v) is 8.94. The van der Waals surface area contributed by atoms with E-state index in [-0.39, 0.29) is 29.5 Å². The van der Waals surface area contributed by atoms with Crippen LogP contribution in [0.3, 0.4) is 0 Å². The number of halogens is 1. The molecule has 3 aliphatic rings. The van der Waals surface area contributed by atoms with Crippen LogP contribution in [0.15, 0.2) is 6.07 Å². The Hall–Kier alpha value is -2.81. The largest absolute Gasteiger partial charge is 0.367 e. The number of rotatable bonds is 2. The van der Waals surface area contributed by atoms with Gasteiger partial charge < -0.3 is 10.2 Å². The topological polar surface area (TPSA) is 98.8 Å². The number of amides is 4. The smallest absolute Gasteiger partial charge is 0.262 e.